The number of carbonyl (C=O) groups is 5. The first-order valence-corrected chi connectivity index (χ1v) is 16.8. The van der Waals surface area contributed by atoms with Crippen LogP contribution in [0.1, 0.15) is 64.8 Å². The third-order valence-electron chi connectivity index (χ3n) is 8.55. The SMILES string of the molecule is COc1ccc(CN(C(=O)OCOC(=O)CN2CCCC2)N(C)C(=O)c2ccc(NC(=O)OC(=O)c3ccccc3)cc2)cc1OC1CCCC1. The molecule has 1 N–H and O–H groups in total. The molecule has 0 spiro atoms. The lowest BCUT2D eigenvalue weighted by Crippen LogP contribution is -2.47. The van der Waals surface area contributed by atoms with Gasteiger partial charge in [0.05, 0.1) is 31.9 Å². The second-order valence-electron chi connectivity index (χ2n) is 12.2. The van der Waals surface area contributed by atoms with E-state index in [0.29, 0.717) is 17.1 Å². The van der Waals surface area contributed by atoms with E-state index in [1.54, 1.807) is 43.5 Å². The van der Waals surface area contributed by atoms with Crippen molar-refractivity contribution in [3.05, 3.63) is 89.5 Å². The Balaban J connectivity index is 1.26. The third-order valence-corrected chi connectivity index (χ3v) is 8.55. The van der Waals surface area contributed by atoms with Crippen LogP contribution in [0.2, 0.25) is 0 Å². The maximum absolute atomic E-state index is 13.7. The van der Waals surface area contributed by atoms with Gasteiger partial charge in [-0.25, -0.2) is 24.4 Å². The lowest BCUT2D eigenvalue weighted by atomic mass is 10.1. The van der Waals surface area contributed by atoms with E-state index in [9.17, 15) is 24.0 Å². The van der Waals surface area contributed by atoms with Gasteiger partial charge in [0.25, 0.3) is 5.91 Å². The Morgan fingerprint density at radius 3 is 2.22 bits per heavy atom. The third kappa shape index (κ3) is 10.4. The molecule has 3 aromatic carbocycles. The summed E-state index contributed by atoms with van der Waals surface area (Å²) in [6.07, 6.45) is 4.17. The van der Waals surface area contributed by atoms with Gasteiger partial charge in [-0.1, -0.05) is 24.3 Å². The van der Waals surface area contributed by atoms with E-state index in [0.717, 1.165) is 61.6 Å². The topological polar surface area (TPSA) is 153 Å². The second-order valence-corrected chi connectivity index (χ2v) is 12.2. The van der Waals surface area contributed by atoms with Crippen LogP contribution in [-0.4, -0.2) is 91.6 Å². The van der Waals surface area contributed by atoms with Gasteiger partial charge in [-0.2, -0.15) is 0 Å². The minimum absolute atomic E-state index is 0.0541. The zero-order valence-corrected chi connectivity index (χ0v) is 28.7. The van der Waals surface area contributed by atoms with Gasteiger partial charge >= 0.3 is 24.1 Å². The molecule has 0 radical (unpaired) electrons. The zero-order valence-electron chi connectivity index (χ0n) is 28.7. The predicted octanol–water partition coefficient (Wildman–Crippen LogP) is 5.63. The molecular weight excluding hydrogens is 660 g/mol. The standard InChI is InChI=1S/C37H42N4O10/c1-39(34(43)27-15-17-29(18-16-27)38-36(45)51-35(44)28-10-4-3-5-11-28)41(37(46)49-25-48-33(42)24-40-20-8-9-21-40)23-26-14-19-31(47-2)32(22-26)50-30-12-6-7-13-30/h3-5,10-11,14-19,22,30H,6-9,12-13,20-21,23-25H2,1-2H3,(H,38,45). The fourth-order valence-corrected chi connectivity index (χ4v) is 5.81. The molecule has 270 valence electrons. The van der Waals surface area contributed by atoms with Crippen LogP contribution in [0, 0.1) is 0 Å². The van der Waals surface area contributed by atoms with Crippen molar-refractivity contribution in [3.8, 4) is 11.5 Å². The Kier molecular flexibility index (Phi) is 12.8. The number of hydrogen-bond acceptors (Lipinski definition) is 11. The van der Waals surface area contributed by atoms with E-state index in [1.807, 2.05) is 4.90 Å². The van der Waals surface area contributed by atoms with Crippen molar-refractivity contribution in [1.29, 1.82) is 0 Å². The summed E-state index contributed by atoms with van der Waals surface area (Å²) in [5.74, 6) is -0.860. The Morgan fingerprint density at radius 2 is 1.53 bits per heavy atom. The second kappa shape index (κ2) is 17.9. The highest BCUT2D eigenvalue weighted by atomic mass is 16.7. The molecule has 1 saturated heterocycles. The number of nitrogens with one attached hydrogen (secondary N) is 1. The summed E-state index contributed by atoms with van der Waals surface area (Å²) in [4.78, 5) is 65.9. The van der Waals surface area contributed by atoms with Crippen LogP contribution in [0.5, 0.6) is 11.5 Å². The molecule has 1 heterocycles. The molecular formula is C37H42N4O10. The molecule has 14 heteroatoms. The Labute approximate surface area is 296 Å². The molecule has 51 heavy (non-hydrogen) atoms. The van der Waals surface area contributed by atoms with Crippen molar-refractivity contribution in [2.24, 2.45) is 0 Å². The van der Waals surface area contributed by atoms with Gasteiger partial charge < -0.3 is 23.7 Å². The maximum Gasteiger partial charge on any atom is 0.432 e. The number of benzene rings is 3. The van der Waals surface area contributed by atoms with E-state index < -0.39 is 36.8 Å². The molecule has 1 saturated carbocycles. The highest BCUT2D eigenvalue weighted by molar-refractivity contribution is 6.00. The number of amides is 3. The molecule has 1 aliphatic carbocycles. The molecule has 0 aromatic heterocycles. The van der Waals surface area contributed by atoms with Crippen molar-refractivity contribution in [2.45, 2.75) is 51.2 Å². The van der Waals surface area contributed by atoms with Gasteiger partial charge in [0.15, 0.2) is 11.5 Å². The summed E-state index contributed by atoms with van der Waals surface area (Å²) in [5.41, 5.74) is 1.27. The van der Waals surface area contributed by atoms with E-state index in [-0.39, 0.29) is 36.0 Å². The fraction of sp³-hybridized carbons (Fsp3) is 0.378. The lowest BCUT2D eigenvalue weighted by Gasteiger charge is -2.31. The van der Waals surface area contributed by atoms with Gasteiger partial charge in [-0.05, 0) is 106 Å². The maximum atomic E-state index is 13.7. The van der Waals surface area contributed by atoms with E-state index >= 15 is 0 Å². The van der Waals surface area contributed by atoms with Crippen molar-refractivity contribution >= 4 is 35.7 Å². The first-order chi connectivity index (χ1) is 24.7. The number of likely N-dealkylation sites (tertiary alicyclic amines) is 1. The number of rotatable bonds is 12. The number of anilines is 1. The first-order valence-electron chi connectivity index (χ1n) is 16.8. The summed E-state index contributed by atoms with van der Waals surface area (Å²) in [6.45, 7) is 0.972. The van der Waals surface area contributed by atoms with Crippen LogP contribution in [0.3, 0.4) is 0 Å². The molecule has 1 aliphatic heterocycles. The summed E-state index contributed by atoms with van der Waals surface area (Å²) in [7, 11) is 2.95. The Morgan fingerprint density at radius 1 is 0.824 bits per heavy atom. The van der Waals surface area contributed by atoms with Crippen LogP contribution in [0.4, 0.5) is 15.3 Å². The van der Waals surface area contributed by atoms with Crippen molar-refractivity contribution in [1.82, 2.24) is 14.9 Å². The molecule has 2 fully saturated rings. The first kappa shape index (κ1) is 36.6. The molecule has 0 bridgehead atoms. The number of methoxy groups -OCH3 is 1. The highest BCUT2D eigenvalue weighted by Gasteiger charge is 2.27. The van der Waals surface area contributed by atoms with Crippen LogP contribution in [0.15, 0.2) is 72.8 Å². The number of carbonyl (C=O) groups excluding carboxylic acids is 5. The largest absolute Gasteiger partial charge is 0.493 e. The quantitative estimate of drug-likeness (QED) is 0.108. The lowest BCUT2D eigenvalue weighted by molar-refractivity contribution is -0.154. The van der Waals surface area contributed by atoms with Crippen LogP contribution >= 0.6 is 0 Å². The number of ether oxygens (including phenoxy) is 5. The van der Waals surface area contributed by atoms with E-state index in [2.05, 4.69) is 5.32 Å². The molecule has 2 aliphatic rings. The Hall–Kier alpha value is -5.63. The average molecular weight is 703 g/mol. The highest BCUT2D eigenvalue weighted by Crippen LogP contribution is 2.33. The average Bonchev–Trinajstić information content (AvgIpc) is 3.85. The zero-order chi connectivity index (χ0) is 36.2. The fourth-order valence-electron chi connectivity index (χ4n) is 5.81. The number of esters is 2. The molecule has 3 aromatic rings. The summed E-state index contributed by atoms with van der Waals surface area (Å²) < 4.78 is 27.0. The molecule has 14 nitrogen and oxygen atoms in total. The van der Waals surface area contributed by atoms with Gasteiger partial charge in [0, 0.05) is 18.3 Å². The van der Waals surface area contributed by atoms with Crippen molar-refractivity contribution in [3.63, 3.8) is 0 Å². The van der Waals surface area contributed by atoms with Crippen LogP contribution < -0.4 is 14.8 Å². The minimum Gasteiger partial charge on any atom is -0.493 e. The normalized spacial score (nSPS) is 14.3. The van der Waals surface area contributed by atoms with Gasteiger partial charge in [-0.3, -0.25) is 19.8 Å². The molecule has 0 atom stereocenters. The molecule has 5 rings (SSSR count). The van der Waals surface area contributed by atoms with E-state index in [1.165, 1.54) is 43.4 Å². The van der Waals surface area contributed by atoms with Crippen LogP contribution in [0.25, 0.3) is 0 Å². The number of nitrogens with zero attached hydrogens (tertiary/aromatic N) is 3. The van der Waals surface area contributed by atoms with Gasteiger partial charge in [0.1, 0.15) is 0 Å². The predicted molar refractivity (Wildman–Crippen MR) is 184 cm³/mol. The number of hydrogen-bond donors (Lipinski definition) is 1. The van der Waals surface area contributed by atoms with E-state index in [4.69, 9.17) is 23.7 Å². The smallest absolute Gasteiger partial charge is 0.432 e. The number of hydrazine groups is 1. The van der Waals surface area contributed by atoms with Crippen molar-refractivity contribution in [2.75, 3.05) is 45.9 Å². The van der Waals surface area contributed by atoms with Gasteiger partial charge in [0.2, 0.25) is 6.79 Å². The monoisotopic (exact) mass is 702 g/mol. The minimum atomic E-state index is -0.995. The summed E-state index contributed by atoms with van der Waals surface area (Å²) >= 11 is 0. The van der Waals surface area contributed by atoms with Gasteiger partial charge in [-0.15, -0.1) is 0 Å². The summed E-state index contributed by atoms with van der Waals surface area (Å²) in [5, 5.41) is 4.62. The van der Waals surface area contributed by atoms with Crippen molar-refractivity contribution < 1.29 is 47.7 Å². The molecule has 0 unspecified atom stereocenters. The Bertz CT molecular complexity index is 1670. The van der Waals surface area contributed by atoms with Crippen LogP contribution in [-0.2, 0) is 25.5 Å². The molecule has 3 amide bonds. The summed E-state index contributed by atoms with van der Waals surface area (Å²) in [6, 6.07) is 19.1.